The van der Waals surface area contributed by atoms with Crippen molar-refractivity contribution in [3.63, 3.8) is 0 Å². The fraction of sp³-hybridized carbons (Fsp3) is 0.118. The van der Waals surface area contributed by atoms with Gasteiger partial charge in [0.1, 0.15) is 5.69 Å². The van der Waals surface area contributed by atoms with Gasteiger partial charge >= 0.3 is 0 Å². The van der Waals surface area contributed by atoms with Crippen LogP contribution >= 0.6 is 11.6 Å². The molecule has 3 aromatic rings. The van der Waals surface area contributed by atoms with E-state index in [4.69, 9.17) is 21.5 Å². The number of amides is 1. The highest BCUT2D eigenvalue weighted by molar-refractivity contribution is 7.89. The number of nitrogens with one attached hydrogen (secondary N) is 1. The van der Waals surface area contributed by atoms with E-state index in [9.17, 15) is 13.2 Å². The lowest BCUT2D eigenvalue weighted by Gasteiger charge is -2.08. The molecule has 28 heavy (non-hydrogen) atoms. The van der Waals surface area contributed by atoms with Crippen molar-refractivity contribution in [1.29, 1.82) is 0 Å². The van der Waals surface area contributed by atoms with Gasteiger partial charge in [-0.2, -0.15) is 0 Å². The Bertz CT molecular complexity index is 1100. The van der Waals surface area contributed by atoms with Gasteiger partial charge in [0.15, 0.2) is 5.69 Å². The number of anilines is 1. The summed E-state index contributed by atoms with van der Waals surface area (Å²) in [6.07, 6.45) is 0. The van der Waals surface area contributed by atoms with Crippen LogP contribution in [0, 0.1) is 0 Å². The highest BCUT2D eigenvalue weighted by atomic mass is 35.5. The number of hydrogen-bond donors (Lipinski definition) is 2. The van der Waals surface area contributed by atoms with Gasteiger partial charge in [-0.15, -0.1) is 5.10 Å². The van der Waals surface area contributed by atoms with E-state index in [0.717, 1.165) is 0 Å². The van der Waals surface area contributed by atoms with E-state index in [-0.39, 0.29) is 17.2 Å². The van der Waals surface area contributed by atoms with Crippen molar-refractivity contribution in [1.82, 2.24) is 15.0 Å². The number of nitrogens with two attached hydrogens (primary N) is 1. The quantitative estimate of drug-likeness (QED) is 0.625. The van der Waals surface area contributed by atoms with E-state index in [1.54, 1.807) is 24.3 Å². The Balaban J connectivity index is 1.88. The first-order valence-electron chi connectivity index (χ1n) is 7.93. The molecule has 0 bridgehead atoms. The fourth-order valence-electron chi connectivity index (χ4n) is 2.45. The van der Waals surface area contributed by atoms with Gasteiger partial charge in [-0.1, -0.05) is 16.8 Å². The fourth-order valence-corrected chi connectivity index (χ4v) is 3.09. The monoisotopic (exact) mass is 421 g/mol. The first-order chi connectivity index (χ1) is 13.3. The van der Waals surface area contributed by atoms with Gasteiger partial charge in [0.25, 0.3) is 5.91 Å². The maximum Gasteiger partial charge on any atom is 0.278 e. The number of carbonyl (C=O) groups is 1. The van der Waals surface area contributed by atoms with Crippen molar-refractivity contribution < 1.29 is 17.9 Å². The van der Waals surface area contributed by atoms with Crippen LogP contribution in [0.2, 0.25) is 5.02 Å². The van der Waals surface area contributed by atoms with Crippen LogP contribution in [0.15, 0.2) is 53.4 Å². The van der Waals surface area contributed by atoms with Crippen LogP contribution in [-0.4, -0.2) is 36.4 Å². The van der Waals surface area contributed by atoms with Crippen molar-refractivity contribution in [3.8, 4) is 5.69 Å². The van der Waals surface area contributed by atoms with Crippen molar-refractivity contribution in [3.05, 3.63) is 64.9 Å². The zero-order chi connectivity index (χ0) is 20.3. The first kappa shape index (κ1) is 20.0. The molecule has 0 aliphatic heterocycles. The van der Waals surface area contributed by atoms with Crippen LogP contribution in [0.3, 0.4) is 0 Å². The van der Waals surface area contributed by atoms with Gasteiger partial charge in [-0.05, 0) is 48.5 Å². The largest absolute Gasteiger partial charge is 0.378 e. The number of nitrogens with zero attached hydrogens (tertiary/aromatic N) is 3. The van der Waals surface area contributed by atoms with Crippen molar-refractivity contribution in [2.75, 3.05) is 12.4 Å². The van der Waals surface area contributed by atoms with E-state index in [0.29, 0.717) is 22.1 Å². The van der Waals surface area contributed by atoms with Gasteiger partial charge in [-0.25, -0.2) is 18.2 Å². The number of benzene rings is 2. The second-order valence-electron chi connectivity index (χ2n) is 5.73. The minimum atomic E-state index is -3.81. The average molecular weight is 422 g/mol. The molecule has 0 unspecified atom stereocenters. The number of halogens is 1. The van der Waals surface area contributed by atoms with Crippen LogP contribution in [-0.2, 0) is 21.4 Å². The average Bonchev–Trinajstić information content (AvgIpc) is 3.06. The zero-order valence-electron chi connectivity index (χ0n) is 14.7. The Morgan fingerprint density at radius 3 is 2.39 bits per heavy atom. The molecule has 3 rings (SSSR count). The lowest BCUT2D eigenvalue weighted by atomic mass is 10.2. The van der Waals surface area contributed by atoms with Gasteiger partial charge in [0, 0.05) is 17.8 Å². The summed E-state index contributed by atoms with van der Waals surface area (Å²) in [6, 6.07) is 12.3. The molecule has 11 heteroatoms. The Morgan fingerprint density at radius 2 is 1.82 bits per heavy atom. The standard InChI is InChI=1S/C17H16ClN5O4S/c1-27-10-15-16(21-22-23(15)13-6-2-11(18)3-7-13)17(24)20-12-4-8-14(9-5-12)28(19,25)26/h2-9H,10H2,1H3,(H,20,24)(H2,19,25,26). The second-order valence-corrected chi connectivity index (χ2v) is 7.73. The number of aromatic nitrogens is 3. The normalized spacial score (nSPS) is 11.4. The SMILES string of the molecule is COCc1c(C(=O)Nc2ccc(S(N)(=O)=O)cc2)nnn1-c1ccc(Cl)cc1. The van der Waals surface area contributed by atoms with Crippen LogP contribution in [0.1, 0.15) is 16.2 Å². The van der Waals surface area contributed by atoms with Crippen molar-refractivity contribution in [2.45, 2.75) is 11.5 Å². The molecule has 0 fully saturated rings. The first-order valence-corrected chi connectivity index (χ1v) is 9.85. The van der Waals surface area contributed by atoms with E-state index >= 15 is 0 Å². The van der Waals surface area contributed by atoms with Gasteiger partial charge in [0.2, 0.25) is 10.0 Å². The molecule has 0 atom stereocenters. The van der Waals surface area contributed by atoms with E-state index in [1.165, 1.54) is 36.1 Å². The molecule has 1 aromatic heterocycles. The highest BCUT2D eigenvalue weighted by Gasteiger charge is 2.21. The molecule has 2 aromatic carbocycles. The highest BCUT2D eigenvalue weighted by Crippen LogP contribution is 2.19. The number of carbonyl (C=O) groups excluding carboxylic acids is 1. The number of ether oxygens (including phenoxy) is 1. The summed E-state index contributed by atoms with van der Waals surface area (Å²) >= 11 is 5.91. The Kier molecular flexibility index (Phi) is 5.75. The lowest BCUT2D eigenvalue weighted by molar-refractivity contribution is 0.101. The molecule has 146 valence electrons. The molecule has 1 heterocycles. The smallest absolute Gasteiger partial charge is 0.278 e. The molecular formula is C17H16ClN5O4S. The van der Waals surface area contributed by atoms with Crippen LogP contribution in [0.4, 0.5) is 5.69 Å². The summed E-state index contributed by atoms with van der Waals surface area (Å²) in [5.41, 5.74) is 1.57. The van der Waals surface area contributed by atoms with Crippen molar-refractivity contribution in [2.24, 2.45) is 5.14 Å². The zero-order valence-corrected chi connectivity index (χ0v) is 16.2. The number of rotatable bonds is 6. The third kappa shape index (κ3) is 4.37. The molecule has 3 N–H and O–H groups in total. The Morgan fingerprint density at radius 1 is 1.18 bits per heavy atom. The minimum absolute atomic E-state index is 0.0562. The van der Waals surface area contributed by atoms with Crippen LogP contribution in [0.5, 0.6) is 0 Å². The maximum atomic E-state index is 12.6. The molecule has 0 saturated heterocycles. The van der Waals surface area contributed by atoms with Crippen LogP contribution in [0.25, 0.3) is 5.69 Å². The summed E-state index contributed by atoms with van der Waals surface area (Å²) in [5, 5.41) is 16.3. The van der Waals surface area contributed by atoms with Gasteiger partial charge < -0.3 is 10.1 Å². The predicted molar refractivity (Wildman–Crippen MR) is 103 cm³/mol. The molecule has 0 saturated carbocycles. The topological polar surface area (TPSA) is 129 Å². The number of primary sulfonamides is 1. The van der Waals surface area contributed by atoms with Crippen molar-refractivity contribution >= 4 is 33.2 Å². The Labute approximate surface area is 166 Å². The molecular weight excluding hydrogens is 406 g/mol. The molecule has 0 radical (unpaired) electrons. The summed E-state index contributed by atoms with van der Waals surface area (Å²) in [7, 11) is -2.32. The molecule has 0 aliphatic rings. The third-order valence-electron chi connectivity index (χ3n) is 3.77. The lowest BCUT2D eigenvalue weighted by Crippen LogP contribution is -2.16. The minimum Gasteiger partial charge on any atom is -0.378 e. The molecule has 9 nitrogen and oxygen atoms in total. The summed E-state index contributed by atoms with van der Waals surface area (Å²) in [4.78, 5) is 12.6. The molecule has 1 amide bonds. The van der Waals surface area contributed by atoms with E-state index in [1.807, 2.05) is 0 Å². The summed E-state index contributed by atoms with van der Waals surface area (Å²) < 4.78 is 29.3. The predicted octanol–water partition coefficient (Wildman–Crippen LogP) is 1.97. The summed E-state index contributed by atoms with van der Waals surface area (Å²) in [6.45, 7) is 0.0999. The number of hydrogen-bond acceptors (Lipinski definition) is 6. The van der Waals surface area contributed by atoms with E-state index < -0.39 is 15.9 Å². The molecule has 0 spiro atoms. The van der Waals surface area contributed by atoms with E-state index in [2.05, 4.69) is 15.6 Å². The maximum absolute atomic E-state index is 12.6. The van der Waals surface area contributed by atoms with Crippen LogP contribution < -0.4 is 10.5 Å². The third-order valence-corrected chi connectivity index (χ3v) is 4.95. The number of methoxy groups -OCH3 is 1. The van der Waals surface area contributed by atoms with Gasteiger partial charge in [0.05, 0.1) is 17.2 Å². The number of sulfonamides is 1. The van der Waals surface area contributed by atoms with Gasteiger partial charge in [-0.3, -0.25) is 4.79 Å². The second kappa shape index (κ2) is 8.07. The summed E-state index contributed by atoms with van der Waals surface area (Å²) in [5.74, 6) is -0.518. The Hall–Kier alpha value is -2.79. The molecule has 0 aliphatic carbocycles.